The monoisotopic (exact) mass is 238 g/mol. The lowest BCUT2D eigenvalue weighted by Gasteiger charge is -2.37. The standard InChI is InChI=1S/C11H15ClN4/c12-10-3-9(4-14-15-10)16-5-7-1-2-8(6-16)11(7)13/h3-4,7-8,11H,1-2,5-6,13H2. The zero-order valence-corrected chi connectivity index (χ0v) is 9.77. The highest BCUT2D eigenvalue weighted by Crippen LogP contribution is 2.37. The molecule has 1 aliphatic heterocycles. The average molecular weight is 239 g/mol. The van der Waals surface area contributed by atoms with E-state index in [0.29, 0.717) is 23.0 Å². The van der Waals surface area contributed by atoms with E-state index in [2.05, 4.69) is 15.1 Å². The predicted octanol–water partition coefficient (Wildman–Crippen LogP) is 1.30. The second-order valence-corrected chi connectivity index (χ2v) is 5.20. The summed E-state index contributed by atoms with van der Waals surface area (Å²) >= 11 is 5.86. The number of hydrogen-bond acceptors (Lipinski definition) is 4. The van der Waals surface area contributed by atoms with Gasteiger partial charge in [0.15, 0.2) is 5.15 Å². The third kappa shape index (κ3) is 1.66. The number of nitrogens with two attached hydrogens (primary N) is 1. The van der Waals surface area contributed by atoms with Gasteiger partial charge in [-0.05, 0) is 24.7 Å². The summed E-state index contributed by atoms with van der Waals surface area (Å²) in [6.07, 6.45) is 4.30. The molecule has 1 aromatic rings. The molecule has 1 aromatic heterocycles. The summed E-state index contributed by atoms with van der Waals surface area (Å²) in [6.45, 7) is 2.05. The van der Waals surface area contributed by atoms with Gasteiger partial charge in [0.05, 0.1) is 11.9 Å². The number of hydrogen-bond donors (Lipinski definition) is 1. The lowest BCUT2D eigenvalue weighted by molar-refractivity contribution is 0.356. The number of nitrogens with zero attached hydrogens (tertiary/aromatic N) is 3. The van der Waals surface area contributed by atoms with Crippen LogP contribution in [0.4, 0.5) is 5.69 Å². The van der Waals surface area contributed by atoms with E-state index in [-0.39, 0.29) is 0 Å². The molecule has 0 spiro atoms. The van der Waals surface area contributed by atoms with E-state index in [9.17, 15) is 0 Å². The maximum atomic E-state index is 6.17. The normalized spacial score (nSPS) is 33.1. The fourth-order valence-electron chi connectivity index (χ4n) is 2.98. The predicted molar refractivity (Wildman–Crippen MR) is 63.4 cm³/mol. The van der Waals surface area contributed by atoms with E-state index < -0.39 is 0 Å². The maximum Gasteiger partial charge on any atom is 0.153 e. The molecule has 0 radical (unpaired) electrons. The van der Waals surface area contributed by atoms with Crippen LogP contribution in [0.2, 0.25) is 5.15 Å². The number of rotatable bonds is 1. The van der Waals surface area contributed by atoms with Gasteiger partial charge in [-0.15, -0.1) is 5.10 Å². The Hall–Kier alpha value is -0.870. The number of aromatic nitrogens is 2. The molecule has 2 fully saturated rings. The first kappa shape index (κ1) is 10.3. The molecule has 2 N–H and O–H groups in total. The van der Waals surface area contributed by atoms with Crippen LogP contribution in [-0.2, 0) is 0 Å². The van der Waals surface area contributed by atoms with E-state index >= 15 is 0 Å². The van der Waals surface area contributed by atoms with E-state index in [4.69, 9.17) is 17.3 Å². The summed E-state index contributed by atoms with van der Waals surface area (Å²) < 4.78 is 0. The molecule has 2 heterocycles. The zero-order valence-electron chi connectivity index (χ0n) is 9.01. The minimum atomic E-state index is 0.390. The summed E-state index contributed by atoms with van der Waals surface area (Å²) in [7, 11) is 0. The van der Waals surface area contributed by atoms with Gasteiger partial charge in [-0.1, -0.05) is 11.6 Å². The maximum absolute atomic E-state index is 6.17. The van der Waals surface area contributed by atoms with E-state index in [1.807, 2.05) is 6.07 Å². The third-order valence-corrected chi connectivity index (χ3v) is 4.07. The van der Waals surface area contributed by atoms with Gasteiger partial charge in [0.25, 0.3) is 0 Å². The highest BCUT2D eigenvalue weighted by Gasteiger charge is 2.39. The highest BCUT2D eigenvalue weighted by molar-refractivity contribution is 6.29. The third-order valence-electron chi connectivity index (χ3n) is 3.88. The van der Waals surface area contributed by atoms with Gasteiger partial charge in [-0.3, -0.25) is 0 Å². The van der Waals surface area contributed by atoms with Crippen molar-refractivity contribution in [1.29, 1.82) is 0 Å². The topological polar surface area (TPSA) is 55.0 Å². The first-order chi connectivity index (χ1) is 7.74. The Bertz CT molecular complexity index is 383. The molecule has 5 heteroatoms. The average Bonchev–Trinajstić information content (AvgIpc) is 2.53. The van der Waals surface area contributed by atoms with Crippen molar-refractivity contribution in [1.82, 2.24) is 10.2 Å². The molecular weight excluding hydrogens is 224 g/mol. The molecule has 4 nitrogen and oxygen atoms in total. The van der Waals surface area contributed by atoms with E-state index in [1.165, 1.54) is 12.8 Å². The molecule has 16 heavy (non-hydrogen) atoms. The van der Waals surface area contributed by atoms with Crippen LogP contribution in [0.5, 0.6) is 0 Å². The Labute approximate surface area is 99.8 Å². The second-order valence-electron chi connectivity index (χ2n) is 4.82. The van der Waals surface area contributed by atoms with Gasteiger partial charge >= 0.3 is 0 Å². The first-order valence-corrected chi connectivity index (χ1v) is 6.10. The second kappa shape index (κ2) is 3.86. The van der Waals surface area contributed by atoms with Crippen LogP contribution in [0.3, 0.4) is 0 Å². The lowest BCUT2D eigenvalue weighted by Crippen LogP contribution is -2.48. The van der Waals surface area contributed by atoms with Crippen LogP contribution in [0.15, 0.2) is 12.3 Å². The van der Waals surface area contributed by atoms with Gasteiger partial charge in [-0.25, -0.2) is 0 Å². The quantitative estimate of drug-likeness (QED) is 0.802. The number of fused-ring (bicyclic) bond motifs is 2. The van der Waals surface area contributed by atoms with Crippen molar-refractivity contribution >= 4 is 17.3 Å². The van der Waals surface area contributed by atoms with Gasteiger partial charge in [0, 0.05) is 25.2 Å². The molecule has 2 unspecified atom stereocenters. The summed E-state index contributed by atoms with van der Waals surface area (Å²) in [5.74, 6) is 1.26. The van der Waals surface area contributed by atoms with Crippen molar-refractivity contribution < 1.29 is 0 Å². The Kier molecular flexibility index (Phi) is 2.48. The van der Waals surface area contributed by atoms with Crippen molar-refractivity contribution in [2.75, 3.05) is 18.0 Å². The largest absolute Gasteiger partial charge is 0.369 e. The number of halogens is 1. The molecule has 1 saturated heterocycles. The molecule has 86 valence electrons. The van der Waals surface area contributed by atoms with Crippen LogP contribution < -0.4 is 10.6 Å². The molecule has 3 rings (SSSR count). The first-order valence-electron chi connectivity index (χ1n) is 5.73. The van der Waals surface area contributed by atoms with Crippen molar-refractivity contribution in [2.24, 2.45) is 17.6 Å². The zero-order chi connectivity index (χ0) is 11.1. The summed E-state index contributed by atoms with van der Waals surface area (Å²) in [5.41, 5.74) is 7.25. The molecular formula is C11H15ClN4. The molecule has 0 aromatic carbocycles. The molecule has 2 bridgehead atoms. The van der Waals surface area contributed by atoms with Gasteiger partial charge in [0.1, 0.15) is 0 Å². The summed E-state index contributed by atoms with van der Waals surface area (Å²) in [6, 6.07) is 2.27. The minimum absolute atomic E-state index is 0.390. The van der Waals surface area contributed by atoms with E-state index in [0.717, 1.165) is 18.8 Å². The summed E-state index contributed by atoms with van der Waals surface area (Å²) in [5, 5.41) is 8.12. The number of piperidine rings is 1. The highest BCUT2D eigenvalue weighted by atomic mass is 35.5. The van der Waals surface area contributed by atoms with Gasteiger partial charge < -0.3 is 10.6 Å². The van der Waals surface area contributed by atoms with Crippen LogP contribution in [0.1, 0.15) is 12.8 Å². The van der Waals surface area contributed by atoms with Gasteiger partial charge in [-0.2, -0.15) is 5.10 Å². The van der Waals surface area contributed by atoms with Crippen molar-refractivity contribution in [2.45, 2.75) is 18.9 Å². The smallest absolute Gasteiger partial charge is 0.153 e. The van der Waals surface area contributed by atoms with Crippen LogP contribution in [0.25, 0.3) is 0 Å². The Morgan fingerprint density at radius 2 is 2.00 bits per heavy atom. The number of anilines is 1. The molecule has 1 saturated carbocycles. The molecule has 1 aliphatic carbocycles. The Morgan fingerprint density at radius 3 is 2.62 bits per heavy atom. The fraction of sp³-hybridized carbons (Fsp3) is 0.636. The fourth-order valence-corrected chi connectivity index (χ4v) is 3.14. The van der Waals surface area contributed by atoms with Crippen LogP contribution in [-0.4, -0.2) is 29.3 Å². The SMILES string of the molecule is NC1C2CCC1CN(c1cnnc(Cl)c1)C2. The van der Waals surface area contributed by atoms with Gasteiger partial charge in [0.2, 0.25) is 0 Å². The van der Waals surface area contributed by atoms with Crippen molar-refractivity contribution in [3.8, 4) is 0 Å². The summed E-state index contributed by atoms with van der Waals surface area (Å²) in [4.78, 5) is 2.34. The van der Waals surface area contributed by atoms with Crippen LogP contribution in [0, 0.1) is 11.8 Å². The lowest BCUT2D eigenvalue weighted by atomic mass is 9.93. The Morgan fingerprint density at radius 1 is 1.31 bits per heavy atom. The van der Waals surface area contributed by atoms with Crippen molar-refractivity contribution in [3.05, 3.63) is 17.4 Å². The molecule has 2 aliphatic rings. The van der Waals surface area contributed by atoms with Crippen LogP contribution >= 0.6 is 11.6 Å². The van der Waals surface area contributed by atoms with Crippen molar-refractivity contribution in [3.63, 3.8) is 0 Å². The van der Waals surface area contributed by atoms with E-state index in [1.54, 1.807) is 6.20 Å². The minimum Gasteiger partial charge on any atom is -0.369 e. The molecule has 0 amide bonds. The Balaban J connectivity index is 1.83. The molecule has 2 atom stereocenters.